The number of aryl methyl sites for hydroxylation is 2. The number of hydrogen-bond acceptors (Lipinski definition) is 5. The third kappa shape index (κ3) is 10.6. The zero-order chi connectivity index (χ0) is 34.2. The summed E-state index contributed by atoms with van der Waals surface area (Å²) in [7, 11) is 0. The molecule has 0 saturated carbocycles. The number of aromatic nitrogens is 1. The fourth-order valence-corrected chi connectivity index (χ4v) is 4.74. The predicted molar refractivity (Wildman–Crippen MR) is 192 cm³/mol. The van der Waals surface area contributed by atoms with Gasteiger partial charge in [0.05, 0.1) is 28.9 Å². The summed E-state index contributed by atoms with van der Waals surface area (Å²) in [6.45, 7) is 20.2. The summed E-state index contributed by atoms with van der Waals surface area (Å²) in [5, 5.41) is 3.75. The molecule has 0 spiro atoms. The first-order valence-electron chi connectivity index (χ1n) is 16.5. The molecule has 2 aromatic carbocycles. The number of carbonyl (C=O) groups excluding carboxylic acids is 2. The quantitative estimate of drug-likeness (QED) is 0.133. The van der Waals surface area contributed by atoms with Gasteiger partial charge >= 0.3 is 0 Å². The molecule has 1 N–H and O–H groups in total. The smallest absolute Gasteiger partial charge is 0.256 e. The van der Waals surface area contributed by atoms with Crippen molar-refractivity contribution in [1.29, 1.82) is 0 Å². The van der Waals surface area contributed by atoms with Crippen molar-refractivity contribution in [3.05, 3.63) is 107 Å². The Balaban J connectivity index is 0.000000446. The van der Waals surface area contributed by atoms with Crippen molar-refractivity contribution < 1.29 is 18.7 Å². The summed E-state index contributed by atoms with van der Waals surface area (Å²) in [6.07, 6.45) is 9.75. The van der Waals surface area contributed by atoms with Gasteiger partial charge in [-0.2, -0.15) is 0 Å². The Morgan fingerprint density at radius 3 is 2.28 bits per heavy atom. The first kappa shape index (κ1) is 37.7. The molecule has 0 radical (unpaired) electrons. The monoisotopic (exact) mass is 624 g/mol. The van der Waals surface area contributed by atoms with E-state index in [-0.39, 0.29) is 17.6 Å². The lowest BCUT2D eigenvalue weighted by atomic mass is 9.97. The van der Waals surface area contributed by atoms with Gasteiger partial charge in [-0.3, -0.25) is 9.59 Å². The van der Waals surface area contributed by atoms with E-state index >= 15 is 0 Å². The minimum atomic E-state index is -0.240. The number of carbonyl (C=O) groups is 2. The average Bonchev–Trinajstić information content (AvgIpc) is 3.61. The number of nitrogens with one attached hydrogen (secondary N) is 1. The Kier molecular flexibility index (Phi) is 15.7. The Morgan fingerprint density at radius 1 is 1.02 bits per heavy atom. The fraction of sp³-hybridized carbons (Fsp3) is 0.375. The van der Waals surface area contributed by atoms with Crippen molar-refractivity contribution in [3.63, 3.8) is 0 Å². The molecule has 0 fully saturated rings. The molecule has 6 heteroatoms. The molecule has 1 amide bonds. The maximum absolute atomic E-state index is 13.3. The highest BCUT2D eigenvalue weighted by Gasteiger charge is 2.18. The third-order valence-corrected chi connectivity index (χ3v) is 7.38. The van der Waals surface area contributed by atoms with Gasteiger partial charge in [0.25, 0.3) is 5.91 Å². The number of furan rings is 1. The van der Waals surface area contributed by atoms with Crippen molar-refractivity contribution in [2.75, 3.05) is 5.32 Å². The maximum Gasteiger partial charge on any atom is 0.256 e. The number of anilines is 1. The zero-order valence-electron chi connectivity index (χ0n) is 29.4. The molecular formula is C40H52N2O4. The highest BCUT2D eigenvalue weighted by molar-refractivity contribution is 6.13. The van der Waals surface area contributed by atoms with E-state index in [1.165, 1.54) is 0 Å². The summed E-state index contributed by atoms with van der Waals surface area (Å²) >= 11 is 0. The molecular weight excluding hydrogens is 572 g/mol. The summed E-state index contributed by atoms with van der Waals surface area (Å²) in [6, 6.07) is 16.5. The number of hydrogen-bond donors (Lipinski definition) is 1. The number of Topliss-reactive ketones (excluding diaryl/α,β-unsaturated/α-hetero) is 1. The van der Waals surface area contributed by atoms with Gasteiger partial charge in [0.15, 0.2) is 11.5 Å². The molecule has 4 rings (SSSR count). The minimum absolute atomic E-state index is 0.0230. The van der Waals surface area contributed by atoms with Crippen molar-refractivity contribution in [1.82, 2.24) is 4.98 Å². The number of fused-ring (bicyclic) bond motifs is 1. The van der Waals surface area contributed by atoms with E-state index in [1.54, 1.807) is 42.7 Å². The van der Waals surface area contributed by atoms with Crippen LogP contribution in [0, 0.1) is 19.8 Å². The molecule has 0 bridgehead atoms. The van der Waals surface area contributed by atoms with Crippen molar-refractivity contribution in [3.8, 4) is 11.5 Å². The molecule has 1 atom stereocenters. The van der Waals surface area contributed by atoms with Crippen LogP contribution in [0.2, 0.25) is 0 Å². The van der Waals surface area contributed by atoms with Gasteiger partial charge in [-0.05, 0) is 113 Å². The molecule has 2 heterocycles. The third-order valence-electron chi connectivity index (χ3n) is 7.38. The zero-order valence-corrected chi connectivity index (χ0v) is 29.4. The van der Waals surface area contributed by atoms with Crippen LogP contribution in [-0.4, -0.2) is 16.7 Å². The first-order chi connectivity index (χ1) is 22.1. The van der Waals surface area contributed by atoms with Crippen LogP contribution in [0.3, 0.4) is 0 Å². The van der Waals surface area contributed by atoms with Crippen LogP contribution in [0.25, 0.3) is 22.4 Å². The van der Waals surface area contributed by atoms with E-state index in [2.05, 4.69) is 31.3 Å². The molecule has 0 aliphatic heterocycles. The van der Waals surface area contributed by atoms with Gasteiger partial charge in [-0.1, -0.05) is 53.2 Å². The van der Waals surface area contributed by atoms with Crippen molar-refractivity contribution in [2.24, 2.45) is 5.92 Å². The molecule has 0 aliphatic rings. The number of amides is 1. The molecule has 6 nitrogen and oxygen atoms in total. The van der Waals surface area contributed by atoms with Crippen LogP contribution in [-0.2, 0) is 4.74 Å². The van der Waals surface area contributed by atoms with Crippen LogP contribution in [0.1, 0.15) is 113 Å². The SMILES string of the molecule is C/C=C(/C)O/C(=C/CC)CCC.CC.CCC(C)C(=O)c1ccc(NC(=O)c2cc(-c3ccco3)nc3c(C)cc(C)cc23)cc1. The second-order valence-corrected chi connectivity index (χ2v) is 11.0. The Morgan fingerprint density at radius 2 is 1.72 bits per heavy atom. The first-order valence-corrected chi connectivity index (χ1v) is 16.5. The number of benzene rings is 2. The molecule has 246 valence electrons. The summed E-state index contributed by atoms with van der Waals surface area (Å²) in [4.78, 5) is 30.4. The average molecular weight is 625 g/mol. The largest absolute Gasteiger partial charge is 0.467 e. The highest BCUT2D eigenvalue weighted by Crippen LogP contribution is 2.29. The summed E-state index contributed by atoms with van der Waals surface area (Å²) < 4.78 is 11.1. The Bertz CT molecular complexity index is 1610. The lowest BCUT2D eigenvalue weighted by Gasteiger charge is -2.13. The molecule has 2 aromatic heterocycles. The number of nitrogens with zero attached hydrogens (tertiary/aromatic N) is 1. The van der Waals surface area contributed by atoms with E-state index in [0.717, 1.165) is 59.2 Å². The lowest BCUT2D eigenvalue weighted by molar-refractivity contribution is 0.0927. The number of rotatable bonds is 11. The Labute approximate surface area is 276 Å². The van der Waals surface area contributed by atoms with Crippen LogP contribution >= 0.6 is 0 Å². The van der Waals surface area contributed by atoms with E-state index in [4.69, 9.17) is 14.1 Å². The topological polar surface area (TPSA) is 81.4 Å². The van der Waals surface area contributed by atoms with Crippen LogP contribution in [0.5, 0.6) is 0 Å². The number of pyridine rings is 1. The second kappa shape index (κ2) is 19.2. The molecule has 1 unspecified atom stereocenters. The standard InChI is InChI=1S/C27H26N2O3.C11H20O.C2H6/c1-5-17(3)26(30)19-8-10-20(11-9-19)28-27(31)22-15-23(24-7-6-12-32-24)29-25-18(4)13-16(2)14-21(22)25;1-5-8-11(9-6-2)12-10(4)7-3;1-2/h6-15,17H,5H2,1-4H3,(H,28,31);7-8H,5-6,9H2,1-4H3;1-2H3/b;10-7-,11-8+;. The van der Waals surface area contributed by atoms with E-state index in [1.807, 2.05) is 73.6 Å². The van der Waals surface area contributed by atoms with E-state index in [9.17, 15) is 9.59 Å². The van der Waals surface area contributed by atoms with Gasteiger partial charge in [0.2, 0.25) is 0 Å². The second-order valence-electron chi connectivity index (χ2n) is 11.0. The van der Waals surface area contributed by atoms with Crippen LogP contribution < -0.4 is 5.32 Å². The fourth-order valence-electron chi connectivity index (χ4n) is 4.74. The Hall–Kier alpha value is -4.45. The molecule has 0 aliphatic carbocycles. The van der Waals surface area contributed by atoms with Gasteiger partial charge in [-0.25, -0.2) is 4.98 Å². The van der Waals surface area contributed by atoms with Gasteiger partial charge in [0.1, 0.15) is 5.69 Å². The predicted octanol–water partition coefficient (Wildman–Crippen LogP) is 11.6. The number of allylic oxidation sites excluding steroid dienone is 4. The summed E-state index contributed by atoms with van der Waals surface area (Å²) in [5.74, 6) is 2.55. The van der Waals surface area contributed by atoms with Crippen LogP contribution in [0.15, 0.2) is 88.9 Å². The highest BCUT2D eigenvalue weighted by atomic mass is 16.5. The van der Waals surface area contributed by atoms with Crippen molar-refractivity contribution >= 4 is 28.3 Å². The van der Waals surface area contributed by atoms with Crippen LogP contribution in [0.4, 0.5) is 5.69 Å². The number of ether oxygens (including phenoxy) is 1. The molecule has 46 heavy (non-hydrogen) atoms. The van der Waals surface area contributed by atoms with Gasteiger partial charge in [-0.15, -0.1) is 0 Å². The minimum Gasteiger partial charge on any atom is -0.467 e. The van der Waals surface area contributed by atoms with E-state index < -0.39 is 0 Å². The summed E-state index contributed by atoms with van der Waals surface area (Å²) in [5.41, 5.74) is 5.23. The molecule has 0 saturated heterocycles. The lowest BCUT2D eigenvalue weighted by Crippen LogP contribution is -2.14. The maximum atomic E-state index is 13.3. The normalized spacial score (nSPS) is 12.0. The van der Waals surface area contributed by atoms with Gasteiger partial charge < -0.3 is 14.5 Å². The van der Waals surface area contributed by atoms with E-state index in [0.29, 0.717) is 28.3 Å². The molecule has 4 aromatic rings. The number of ketones is 1. The van der Waals surface area contributed by atoms with Gasteiger partial charge in [0, 0.05) is 29.0 Å². The van der Waals surface area contributed by atoms with Crippen molar-refractivity contribution in [2.45, 2.75) is 94.9 Å².